The molecule has 5 heteroatoms. The van der Waals surface area contributed by atoms with Gasteiger partial charge in [0, 0.05) is 44.7 Å². The molecule has 3 aliphatic heterocycles. The fourth-order valence-electron chi connectivity index (χ4n) is 3.96. The predicted molar refractivity (Wildman–Crippen MR) is 76.8 cm³/mol. The van der Waals surface area contributed by atoms with E-state index in [1.54, 1.807) is 6.07 Å². The number of nitrogens with zero attached hydrogens (tertiary/aromatic N) is 3. The Bertz CT molecular complexity index is 541. The summed E-state index contributed by atoms with van der Waals surface area (Å²) in [6, 6.07) is 2.00. The van der Waals surface area contributed by atoms with Gasteiger partial charge in [-0.2, -0.15) is 0 Å². The van der Waals surface area contributed by atoms with Gasteiger partial charge in [0.15, 0.2) is 0 Å². The molecule has 1 saturated carbocycles. The van der Waals surface area contributed by atoms with Crippen LogP contribution in [-0.2, 0) is 0 Å². The van der Waals surface area contributed by atoms with E-state index in [2.05, 4.69) is 14.8 Å². The van der Waals surface area contributed by atoms with Crippen molar-refractivity contribution in [2.75, 3.05) is 32.7 Å². The zero-order chi connectivity index (χ0) is 13.5. The molecule has 1 unspecified atom stereocenters. The minimum atomic E-state index is 0.0227. The topological polar surface area (TPSA) is 52.2 Å². The molecule has 4 aliphatic rings. The third-order valence-electron chi connectivity index (χ3n) is 5.15. The smallest absolute Gasteiger partial charge is 0.251 e. The third kappa shape index (κ3) is 2.19. The number of rotatable bonds is 2. The number of piperazine rings is 3. The normalized spacial score (nSPS) is 33.7. The SMILES string of the molecule is O=c1cc(C2CCCC2)nc(C2CN3CCN2CC3)[nH]1. The largest absolute Gasteiger partial charge is 0.309 e. The van der Waals surface area contributed by atoms with Crippen LogP contribution in [0, 0.1) is 0 Å². The van der Waals surface area contributed by atoms with Crippen molar-refractivity contribution < 1.29 is 0 Å². The van der Waals surface area contributed by atoms with E-state index in [9.17, 15) is 4.79 Å². The lowest BCUT2D eigenvalue weighted by atomic mass is 10.0. The van der Waals surface area contributed by atoms with Crippen molar-refractivity contribution in [1.82, 2.24) is 19.8 Å². The van der Waals surface area contributed by atoms with E-state index >= 15 is 0 Å². The summed E-state index contributed by atoms with van der Waals surface area (Å²) in [5.41, 5.74) is 1.05. The minimum Gasteiger partial charge on any atom is -0.309 e. The van der Waals surface area contributed by atoms with Crippen molar-refractivity contribution >= 4 is 0 Å². The van der Waals surface area contributed by atoms with Crippen LogP contribution in [0.15, 0.2) is 10.9 Å². The van der Waals surface area contributed by atoms with Crippen LogP contribution in [0.3, 0.4) is 0 Å². The summed E-state index contributed by atoms with van der Waals surface area (Å²) in [4.78, 5) is 24.8. The van der Waals surface area contributed by atoms with Crippen molar-refractivity contribution in [2.45, 2.75) is 37.6 Å². The molecule has 0 amide bonds. The highest BCUT2D eigenvalue weighted by atomic mass is 16.1. The van der Waals surface area contributed by atoms with Crippen LogP contribution in [0.2, 0.25) is 0 Å². The summed E-state index contributed by atoms with van der Waals surface area (Å²) < 4.78 is 0. The Labute approximate surface area is 119 Å². The molecule has 108 valence electrons. The van der Waals surface area contributed by atoms with Gasteiger partial charge in [-0.25, -0.2) is 4.98 Å². The molecule has 1 aliphatic carbocycles. The number of hydrogen-bond acceptors (Lipinski definition) is 4. The average Bonchev–Trinajstić information content (AvgIpc) is 3.02. The van der Waals surface area contributed by atoms with Gasteiger partial charge in [-0.15, -0.1) is 0 Å². The number of aromatic amines is 1. The van der Waals surface area contributed by atoms with Crippen LogP contribution in [0.1, 0.15) is 49.2 Å². The highest BCUT2D eigenvalue weighted by Gasteiger charge is 2.34. The Hall–Kier alpha value is -1.20. The predicted octanol–water partition coefficient (Wildman–Crippen LogP) is 1.10. The lowest BCUT2D eigenvalue weighted by Gasteiger charge is -2.46. The van der Waals surface area contributed by atoms with Crippen LogP contribution in [0.4, 0.5) is 0 Å². The van der Waals surface area contributed by atoms with E-state index < -0.39 is 0 Å². The standard InChI is InChI=1S/C15H22N4O/c20-14-9-12(11-3-1-2-4-11)16-15(17-14)13-10-18-5-7-19(13)8-6-18/h9,11,13H,1-8,10H2,(H,16,17,20). The van der Waals surface area contributed by atoms with Gasteiger partial charge >= 0.3 is 0 Å². The quantitative estimate of drug-likeness (QED) is 0.877. The van der Waals surface area contributed by atoms with Crippen LogP contribution < -0.4 is 5.56 Å². The van der Waals surface area contributed by atoms with Crippen molar-refractivity contribution in [3.05, 3.63) is 27.9 Å². The van der Waals surface area contributed by atoms with Gasteiger partial charge in [0.1, 0.15) is 5.82 Å². The number of nitrogens with one attached hydrogen (secondary N) is 1. The zero-order valence-corrected chi connectivity index (χ0v) is 11.8. The van der Waals surface area contributed by atoms with E-state index in [0.29, 0.717) is 5.92 Å². The van der Waals surface area contributed by atoms with E-state index in [-0.39, 0.29) is 11.6 Å². The van der Waals surface area contributed by atoms with Gasteiger partial charge in [-0.1, -0.05) is 12.8 Å². The number of H-pyrrole nitrogens is 1. The summed E-state index contributed by atoms with van der Waals surface area (Å²) >= 11 is 0. The van der Waals surface area contributed by atoms with E-state index in [1.165, 1.54) is 25.7 Å². The van der Waals surface area contributed by atoms with Gasteiger partial charge < -0.3 is 4.98 Å². The molecule has 0 spiro atoms. The molecular formula is C15H22N4O. The summed E-state index contributed by atoms with van der Waals surface area (Å²) in [7, 11) is 0. The molecule has 1 aromatic rings. The van der Waals surface area contributed by atoms with Gasteiger partial charge in [-0.05, 0) is 12.8 Å². The second-order valence-electron chi connectivity index (χ2n) is 6.39. The summed E-state index contributed by atoms with van der Waals surface area (Å²) in [6.45, 7) is 5.52. The molecule has 0 radical (unpaired) electrons. The second kappa shape index (κ2) is 4.97. The first-order valence-electron chi connectivity index (χ1n) is 7.87. The van der Waals surface area contributed by atoms with Gasteiger partial charge in [0.2, 0.25) is 0 Å². The lowest BCUT2D eigenvalue weighted by molar-refractivity contribution is 0.00843. The molecule has 1 atom stereocenters. The number of fused-ring (bicyclic) bond motifs is 3. The molecular weight excluding hydrogens is 252 g/mol. The van der Waals surface area contributed by atoms with Crippen LogP contribution in [0.5, 0.6) is 0 Å². The van der Waals surface area contributed by atoms with Crippen molar-refractivity contribution in [3.63, 3.8) is 0 Å². The maximum absolute atomic E-state index is 12.0. The minimum absolute atomic E-state index is 0.0227. The Morgan fingerprint density at radius 3 is 2.55 bits per heavy atom. The van der Waals surface area contributed by atoms with Crippen molar-refractivity contribution in [1.29, 1.82) is 0 Å². The lowest BCUT2D eigenvalue weighted by Crippen LogP contribution is -2.57. The Kier molecular flexibility index (Phi) is 3.11. The molecule has 1 N–H and O–H groups in total. The first kappa shape index (κ1) is 12.5. The first-order valence-corrected chi connectivity index (χ1v) is 7.87. The zero-order valence-electron chi connectivity index (χ0n) is 11.8. The van der Waals surface area contributed by atoms with Gasteiger partial charge in [0.05, 0.1) is 11.7 Å². The summed E-state index contributed by atoms with van der Waals surface area (Å²) in [6.07, 6.45) is 4.93. The third-order valence-corrected chi connectivity index (χ3v) is 5.15. The van der Waals surface area contributed by atoms with Crippen molar-refractivity contribution in [2.24, 2.45) is 0 Å². The average molecular weight is 274 g/mol. The molecule has 0 aromatic carbocycles. The number of aromatic nitrogens is 2. The highest BCUT2D eigenvalue weighted by Crippen LogP contribution is 2.33. The molecule has 5 rings (SSSR count). The molecule has 2 bridgehead atoms. The fraction of sp³-hybridized carbons (Fsp3) is 0.733. The fourth-order valence-corrected chi connectivity index (χ4v) is 3.96. The molecule has 1 aromatic heterocycles. The summed E-state index contributed by atoms with van der Waals surface area (Å²) in [5.74, 6) is 1.40. The Balaban J connectivity index is 1.66. The molecule has 3 saturated heterocycles. The molecule has 5 nitrogen and oxygen atoms in total. The van der Waals surface area contributed by atoms with Gasteiger partial charge in [-0.3, -0.25) is 14.6 Å². The Morgan fingerprint density at radius 2 is 1.90 bits per heavy atom. The van der Waals surface area contributed by atoms with Gasteiger partial charge in [0.25, 0.3) is 5.56 Å². The van der Waals surface area contributed by atoms with E-state index in [1.807, 2.05) is 0 Å². The van der Waals surface area contributed by atoms with E-state index in [0.717, 1.165) is 44.2 Å². The maximum atomic E-state index is 12.0. The van der Waals surface area contributed by atoms with E-state index in [4.69, 9.17) is 4.98 Å². The highest BCUT2D eigenvalue weighted by molar-refractivity contribution is 5.13. The van der Waals surface area contributed by atoms with Crippen LogP contribution >= 0.6 is 0 Å². The monoisotopic (exact) mass is 274 g/mol. The van der Waals surface area contributed by atoms with Crippen LogP contribution in [0.25, 0.3) is 0 Å². The molecule has 4 fully saturated rings. The maximum Gasteiger partial charge on any atom is 0.251 e. The van der Waals surface area contributed by atoms with Crippen LogP contribution in [-0.4, -0.2) is 52.5 Å². The Morgan fingerprint density at radius 1 is 1.15 bits per heavy atom. The first-order chi connectivity index (χ1) is 9.79. The summed E-state index contributed by atoms with van der Waals surface area (Å²) in [5, 5.41) is 0. The second-order valence-corrected chi connectivity index (χ2v) is 6.39. The number of hydrogen-bond donors (Lipinski definition) is 1. The molecule has 4 heterocycles. The molecule has 20 heavy (non-hydrogen) atoms. The van der Waals surface area contributed by atoms with Crippen molar-refractivity contribution in [3.8, 4) is 0 Å².